The molecule has 11 heavy (non-hydrogen) atoms. The van der Waals surface area contributed by atoms with Crippen molar-refractivity contribution < 1.29 is 45.7 Å². The maximum atomic E-state index is 8.34. The Morgan fingerprint density at radius 3 is 2.18 bits per heavy atom. The van der Waals surface area contributed by atoms with E-state index in [0.717, 1.165) is 0 Å². The zero-order valence-electron chi connectivity index (χ0n) is 7.27. The second-order valence-corrected chi connectivity index (χ2v) is 1.76. The van der Waals surface area contributed by atoms with Gasteiger partial charge in [-0.15, -0.1) is 0 Å². The molecule has 0 aliphatic heterocycles. The van der Waals surface area contributed by atoms with Crippen LogP contribution in [-0.4, -0.2) is 17.4 Å². The second kappa shape index (κ2) is 5.63. The largest absolute Gasteiger partial charge is 1.00 e. The van der Waals surface area contributed by atoms with Crippen LogP contribution >= 0.6 is 0 Å². The average Bonchev–Trinajstić information content (AvgIpc) is 1.88. The maximum Gasteiger partial charge on any atom is 1.00 e. The third kappa shape index (κ3) is 4.45. The van der Waals surface area contributed by atoms with Gasteiger partial charge < -0.3 is 16.1 Å². The zero-order chi connectivity index (χ0) is 7.40. The summed E-state index contributed by atoms with van der Waals surface area (Å²) in [5.74, 6) is 0.442. The molecule has 0 aromatic heterocycles. The summed E-state index contributed by atoms with van der Waals surface area (Å²) in [7, 11) is -1.73. The van der Waals surface area contributed by atoms with Crippen molar-refractivity contribution in [1.29, 1.82) is 0 Å². The van der Waals surface area contributed by atoms with Gasteiger partial charge in [-0.1, -0.05) is 18.2 Å². The van der Waals surface area contributed by atoms with Crippen LogP contribution in [-0.2, 0) is 0 Å². The molecule has 1 aromatic rings. The molecule has 0 radical (unpaired) electrons. The predicted molar refractivity (Wildman–Crippen MR) is 38.4 cm³/mol. The monoisotopic (exact) mass is 162 g/mol. The molecule has 54 valence electrons. The minimum absolute atomic E-state index is 0. The molecule has 0 bridgehead atoms. The first-order valence-electron chi connectivity index (χ1n) is 2.87. The summed E-state index contributed by atoms with van der Waals surface area (Å²) in [6.45, 7) is 0. The van der Waals surface area contributed by atoms with Crippen LogP contribution in [0, 0.1) is 0 Å². The van der Waals surface area contributed by atoms with Crippen LogP contribution in [0.5, 0.6) is 5.75 Å². The van der Waals surface area contributed by atoms with Crippen LogP contribution < -0.4 is 34.2 Å². The van der Waals surface area contributed by atoms with Crippen LogP contribution in [0.15, 0.2) is 30.3 Å². The maximum absolute atomic E-state index is 8.34. The fraction of sp³-hybridized carbons (Fsp3) is 0. The van der Waals surface area contributed by atoms with Gasteiger partial charge in [0.25, 0.3) is 0 Å². The molecule has 0 aliphatic carbocycles. The molecule has 0 heterocycles. The van der Waals surface area contributed by atoms with Crippen molar-refractivity contribution in [3.63, 3.8) is 0 Å². The van der Waals surface area contributed by atoms with Crippen molar-refractivity contribution in [3.05, 3.63) is 30.3 Å². The normalized spacial score (nSPS) is 8.18. The summed E-state index contributed by atoms with van der Waals surface area (Å²) >= 11 is 0. The Labute approximate surface area is 89.0 Å². The van der Waals surface area contributed by atoms with E-state index in [0.29, 0.717) is 5.75 Å². The first kappa shape index (κ1) is 11.0. The van der Waals surface area contributed by atoms with E-state index in [1.54, 1.807) is 24.3 Å². The number of rotatable bonds is 2. The van der Waals surface area contributed by atoms with Crippen LogP contribution in [0.2, 0.25) is 0 Å². The van der Waals surface area contributed by atoms with Crippen molar-refractivity contribution >= 4 is 7.32 Å². The molecule has 0 aliphatic rings. The molecule has 1 aromatic carbocycles. The molecule has 3 nitrogen and oxygen atoms in total. The van der Waals surface area contributed by atoms with Gasteiger partial charge in [0.2, 0.25) is 0 Å². The fourth-order valence-electron chi connectivity index (χ4n) is 0.621. The zero-order valence-corrected chi connectivity index (χ0v) is 8.27. The van der Waals surface area contributed by atoms with Gasteiger partial charge in [-0.05, 0) is 12.1 Å². The van der Waals surface area contributed by atoms with Crippen molar-refractivity contribution in [1.82, 2.24) is 0 Å². The molecular formula is C6H8BNaO3. The molecule has 0 unspecified atom stereocenters. The first-order chi connectivity index (χ1) is 4.79. The number of hydrogen-bond donors (Lipinski definition) is 2. The number of para-hydroxylation sites is 1. The van der Waals surface area contributed by atoms with Crippen molar-refractivity contribution in [2.75, 3.05) is 0 Å². The molecule has 0 fully saturated rings. The van der Waals surface area contributed by atoms with E-state index < -0.39 is 7.32 Å². The Morgan fingerprint density at radius 2 is 1.73 bits per heavy atom. The van der Waals surface area contributed by atoms with Gasteiger partial charge in [-0.25, -0.2) is 0 Å². The summed E-state index contributed by atoms with van der Waals surface area (Å²) in [4.78, 5) is 0. The minimum Gasteiger partial charge on any atom is -1.00 e. The van der Waals surface area contributed by atoms with E-state index >= 15 is 0 Å². The minimum atomic E-state index is -1.73. The van der Waals surface area contributed by atoms with Crippen LogP contribution in [0.1, 0.15) is 1.43 Å². The fourth-order valence-corrected chi connectivity index (χ4v) is 0.621. The van der Waals surface area contributed by atoms with Gasteiger partial charge in [-0.3, -0.25) is 0 Å². The Kier molecular flexibility index (Phi) is 5.63. The van der Waals surface area contributed by atoms with Crippen molar-refractivity contribution in [3.8, 4) is 5.75 Å². The Hall–Kier alpha value is 0.00494. The summed E-state index contributed by atoms with van der Waals surface area (Å²) in [5, 5.41) is 16.7. The number of benzene rings is 1. The van der Waals surface area contributed by atoms with E-state index in [1.807, 2.05) is 6.07 Å². The molecule has 0 spiro atoms. The molecule has 1 rings (SSSR count). The molecule has 5 heteroatoms. The quantitative estimate of drug-likeness (QED) is 0.460. The van der Waals surface area contributed by atoms with E-state index in [4.69, 9.17) is 10.0 Å². The van der Waals surface area contributed by atoms with E-state index in [-0.39, 0.29) is 31.0 Å². The summed E-state index contributed by atoms with van der Waals surface area (Å²) in [6, 6.07) is 8.59. The average molecular weight is 162 g/mol. The Bertz CT molecular complexity index is 197. The van der Waals surface area contributed by atoms with Crippen molar-refractivity contribution in [2.24, 2.45) is 0 Å². The third-order valence-electron chi connectivity index (χ3n) is 0.985. The Balaban J connectivity index is 0. The topological polar surface area (TPSA) is 49.7 Å². The van der Waals surface area contributed by atoms with Gasteiger partial charge in [0.05, 0.1) is 0 Å². The van der Waals surface area contributed by atoms with Gasteiger partial charge in [0.15, 0.2) is 0 Å². The standard InChI is InChI=1S/C6H7BO3.Na.H/c8-7(9)10-6-4-2-1-3-5-6;;/h1-5,8-9H;;/q;+1;-1. The van der Waals surface area contributed by atoms with Crippen LogP contribution in [0.3, 0.4) is 0 Å². The summed E-state index contributed by atoms with van der Waals surface area (Å²) in [5.41, 5.74) is 0. The van der Waals surface area contributed by atoms with Crippen LogP contribution in [0.25, 0.3) is 0 Å². The summed E-state index contributed by atoms with van der Waals surface area (Å²) < 4.78 is 4.53. The molecule has 0 saturated carbocycles. The molecule has 0 atom stereocenters. The van der Waals surface area contributed by atoms with E-state index in [9.17, 15) is 0 Å². The first-order valence-corrected chi connectivity index (χ1v) is 2.87. The van der Waals surface area contributed by atoms with E-state index in [1.165, 1.54) is 0 Å². The third-order valence-corrected chi connectivity index (χ3v) is 0.985. The van der Waals surface area contributed by atoms with E-state index in [2.05, 4.69) is 4.65 Å². The predicted octanol–water partition coefficient (Wildman–Crippen LogP) is -2.85. The summed E-state index contributed by atoms with van der Waals surface area (Å²) in [6.07, 6.45) is 0. The Morgan fingerprint density at radius 1 is 1.18 bits per heavy atom. The SMILES string of the molecule is OB(O)Oc1ccccc1.[H-].[Na+]. The van der Waals surface area contributed by atoms with Crippen LogP contribution in [0.4, 0.5) is 0 Å². The van der Waals surface area contributed by atoms with Gasteiger partial charge in [-0.2, -0.15) is 0 Å². The molecule has 0 saturated heterocycles. The van der Waals surface area contributed by atoms with Gasteiger partial charge >= 0.3 is 36.9 Å². The molecule has 0 amide bonds. The van der Waals surface area contributed by atoms with Crippen molar-refractivity contribution in [2.45, 2.75) is 0 Å². The second-order valence-electron chi connectivity index (χ2n) is 1.76. The molecule has 2 N–H and O–H groups in total. The smallest absolute Gasteiger partial charge is 1.00 e. The molecular weight excluding hydrogens is 154 g/mol. The number of hydrogen-bond acceptors (Lipinski definition) is 3. The van der Waals surface area contributed by atoms with Gasteiger partial charge in [0, 0.05) is 0 Å². The van der Waals surface area contributed by atoms with Gasteiger partial charge in [0.1, 0.15) is 5.75 Å².